The number of anilines is 1. The van der Waals surface area contributed by atoms with Crippen LogP contribution in [0.15, 0.2) is 53.4 Å². The van der Waals surface area contributed by atoms with Gasteiger partial charge in [-0.3, -0.25) is 4.90 Å². The third-order valence-corrected chi connectivity index (χ3v) is 7.75. The smallest absolute Gasteiger partial charge is 0.322 e. The topological polar surface area (TPSA) is 69.7 Å². The third kappa shape index (κ3) is 4.16. The van der Waals surface area contributed by atoms with Gasteiger partial charge in [0.1, 0.15) is 0 Å². The maximum Gasteiger partial charge on any atom is 0.322 e. The molecule has 0 saturated carbocycles. The molecule has 4 rings (SSSR count). The molecular formula is C22H27N3O3S. The Labute approximate surface area is 172 Å². The minimum Gasteiger partial charge on any atom is -0.334 e. The average molecular weight is 414 g/mol. The number of sulfonamides is 1. The van der Waals surface area contributed by atoms with Crippen molar-refractivity contribution < 1.29 is 13.2 Å². The van der Waals surface area contributed by atoms with Crippen LogP contribution in [0, 0.1) is 5.92 Å². The van der Waals surface area contributed by atoms with Crippen LogP contribution < -0.4 is 10.2 Å². The van der Waals surface area contributed by atoms with Crippen LogP contribution in [-0.2, 0) is 23.0 Å². The summed E-state index contributed by atoms with van der Waals surface area (Å²) in [6, 6.07) is 14.8. The van der Waals surface area contributed by atoms with Crippen molar-refractivity contribution in [2.75, 3.05) is 24.5 Å². The Bertz CT molecular complexity index is 984. The second-order valence-electron chi connectivity index (χ2n) is 7.92. The van der Waals surface area contributed by atoms with Crippen molar-refractivity contribution in [1.82, 2.24) is 9.62 Å². The molecule has 2 aromatic rings. The number of rotatable bonds is 4. The minimum absolute atomic E-state index is 0.159. The van der Waals surface area contributed by atoms with E-state index >= 15 is 0 Å². The number of amides is 2. The number of piperidine rings is 1. The third-order valence-electron chi connectivity index (χ3n) is 5.86. The van der Waals surface area contributed by atoms with Crippen LogP contribution in [0.25, 0.3) is 0 Å². The fourth-order valence-electron chi connectivity index (χ4n) is 3.99. The van der Waals surface area contributed by atoms with Crippen LogP contribution in [0.5, 0.6) is 0 Å². The molecular weight excluding hydrogens is 386 g/mol. The van der Waals surface area contributed by atoms with E-state index in [1.165, 1.54) is 0 Å². The normalized spacial score (nSPS) is 17.9. The van der Waals surface area contributed by atoms with Crippen LogP contribution in [0.2, 0.25) is 0 Å². The number of hydrogen-bond donors (Lipinski definition) is 1. The predicted octanol–water partition coefficient (Wildman–Crippen LogP) is 3.38. The van der Waals surface area contributed by atoms with Crippen molar-refractivity contribution in [2.24, 2.45) is 5.92 Å². The minimum atomic E-state index is -3.48. The van der Waals surface area contributed by atoms with Crippen LogP contribution in [0.1, 0.15) is 30.9 Å². The molecule has 1 saturated heterocycles. The van der Waals surface area contributed by atoms with Gasteiger partial charge in [0.05, 0.1) is 4.90 Å². The molecule has 0 spiro atoms. The van der Waals surface area contributed by atoms with Gasteiger partial charge in [-0.05, 0) is 54.5 Å². The zero-order valence-electron chi connectivity index (χ0n) is 16.7. The molecule has 7 heteroatoms. The summed E-state index contributed by atoms with van der Waals surface area (Å²) in [6.07, 6.45) is 2.47. The molecule has 0 atom stereocenters. The Morgan fingerprint density at radius 1 is 1.07 bits per heavy atom. The molecule has 1 fully saturated rings. The van der Waals surface area contributed by atoms with Gasteiger partial charge in [-0.15, -0.1) is 0 Å². The molecule has 0 aromatic heterocycles. The van der Waals surface area contributed by atoms with E-state index in [-0.39, 0.29) is 6.03 Å². The lowest BCUT2D eigenvalue weighted by Gasteiger charge is -2.29. The summed E-state index contributed by atoms with van der Waals surface area (Å²) < 4.78 is 27.6. The lowest BCUT2D eigenvalue weighted by molar-refractivity contribution is 0.246. The highest BCUT2D eigenvalue weighted by Crippen LogP contribution is 2.32. The van der Waals surface area contributed by atoms with E-state index < -0.39 is 10.0 Å². The van der Waals surface area contributed by atoms with E-state index in [1.807, 2.05) is 30.3 Å². The second kappa shape index (κ2) is 8.16. The van der Waals surface area contributed by atoms with Crippen LogP contribution in [0.4, 0.5) is 10.5 Å². The summed E-state index contributed by atoms with van der Waals surface area (Å²) in [5, 5.41) is 2.94. The summed E-state index contributed by atoms with van der Waals surface area (Å²) in [6.45, 7) is 4.34. The van der Waals surface area contributed by atoms with Gasteiger partial charge in [0, 0.05) is 31.9 Å². The number of nitrogens with one attached hydrogen (secondary N) is 1. The fourth-order valence-corrected chi connectivity index (χ4v) is 5.51. The molecule has 6 nitrogen and oxygen atoms in total. The largest absolute Gasteiger partial charge is 0.334 e. The van der Waals surface area contributed by atoms with Crippen molar-refractivity contribution in [3.05, 3.63) is 59.7 Å². The predicted molar refractivity (Wildman–Crippen MR) is 113 cm³/mol. The van der Waals surface area contributed by atoms with E-state index in [2.05, 4.69) is 12.2 Å². The fraction of sp³-hybridized carbons (Fsp3) is 0.409. The Hall–Kier alpha value is -2.38. The molecule has 2 aromatic carbocycles. The number of hydrogen-bond acceptors (Lipinski definition) is 3. The average Bonchev–Trinajstić information content (AvgIpc) is 3.16. The van der Waals surface area contributed by atoms with Crippen LogP contribution in [0.3, 0.4) is 0 Å². The molecule has 2 amide bonds. The molecule has 29 heavy (non-hydrogen) atoms. The standard InChI is InChI=1S/C22H27N3O3S/c1-17-9-12-24(13-10-17)29(27,28)20-7-8-21-19(15-20)11-14-25(21)22(26)23-16-18-5-3-2-4-6-18/h2-8,15,17H,9-14,16H2,1H3,(H,23,26). The van der Waals surface area contributed by atoms with Crippen molar-refractivity contribution in [1.29, 1.82) is 0 Å². The molecule has 2 aliphatic heterocycles. The lowest BCUT2D eigenvalue weighted by atomic mass is 10.0. The van der Waals surface area contributed by atoms with Gasteiger partial charge in [0.15, 0.2) is 0 Å². The molecule has 0 bridgehead atoms. The van der Waals surface area contributed by atoms with Gasteiger partial charge in [0.25, 0.3) is 0 Å². The number of benzene rings is 2. The van der Waals surface area contributed by atoms with Crippen molar-refractivity contribution in [2.45, 2.75) is 37.6 Å². The number of carbonyl (C=O) groups is 1. The number of urea groups is 1. The molecule has 0 aliphatic carbocycles. The Kier molecular flexibility index (Phi) is 5.61. The lowest BCUT2D eigenvalue weighted by Crippen LogP contribution is -2.38. The number of fused-ring (bicyclic) bond motifs is 1. The number of carbonyl (C=O) groups excluding carboxylic acids is 1. The zero-order valence-corrected chi connectivity index (χ0v) is 17.5. The first kappa shape index (κ1) is 19.9. The van der Waals surface area contributed by atoms with E-state index in [1.54, 1.807) is 27.4 Å². The van der Waals surface area contributed by atoms with Crippen LogP contribution in [-0.4, -0.2) is 38.4 Å². The van der Waals surface area contributed by atoms with Crippen molar-refractivity contribution in [3.8, 4) is 0 Å². The van der Waals surface area contributed by atoms with Gasteiger partial charge in [-0.2, -0.15) is 4.31 Å². The molecule has 1 N–H and O–H groups in total. The van der Waals surface area contributed by atoms with E-state index in [9.17, 15) is 13.2 Å². The first-order valence-corrected chi connectivity index (χ1v) is 11.6. The SMILES string of the molecule is CC1CCN(S(=O)(=O)c2ccc3c(c2)CCN3C(=O)NCc2ccccc2)CC1. The van der Waals surface area contributed by atoms with Gasteiger partial charge < -0.3 is 5.32 Å². The monoisotopic (exact) mass is 413 g/mol. The summed E-state index contributed by atoms with van der Waals surface area (Å²) in [4.78, 5) is 14.7. The first-order chi connectivity index (χ1) is 13.9. The maximum absolute atomic E-state index is 13.0. The summed E-state index contributed by atoms with van der Waals surface area (Å²) >= 11 is 0. The molecule has 154 valence electrons. The first-order valence-electron chi connectivity index (χ1n) is 10.2. The molecule has 0 unspecified atom stereocenters. The summed E-state index contributed by atoms with van der Waals surface area (Å²) in [5.74, 6) is 0.574. The molecule has 0 radical (unpaired) electrons. The Morgan fingerprint density at radius 3 is 2.52 bits per heavy atom. The Balaban J connectivity index is 1.47. The van der Waals surface area contributed by atoms with Gasteiger partial charge in [0.2, 0.25) is 10.0 Å². The summed E-state index contributed by atoms with van der Waals surface area (Å²) in [5.41, 5.74) is 2.74. The highest BCUT2D eigenvalue weighted by atomic mass is 32.2. The van der Waals surface area contributed by atoms with Crippen molar-refractivity contribution >= 4 is 21.7 Å². The van der Waals surface area contributed by atoms with E-state index in [0.29, 0.717) is 43.4 Å². The maximum atomic E-state index is 13.0. The highest BCUT2D eigenvalue weighted by molar-refractivity contribution is 7.89. The van der Waals surface area contributed by atoms with Gasteiger partial charge in [-0.25, -0.2) is 13.2 Å². The van der Waals surface area contributed by atoms with Crippen LogP contribution >= 0.6 is 0 Å². The molecule has 2 aliphatic rings. The zero-order chi connectivity index (χ0) is 20.4. The van der Waals surface area contributed by atoms with Gasteiger partial charge in [-0.1, -0.05) is 37.3 Å². The second-order valence-corrected chi connectivity index (χ2v) is 9.86. The number of nitrogens with zero attached hydrogens (tertiary/aromatic N) is 2. The molecule has 2 heterocycles. The van der Waals surface area contributed by atoms with E-state index in [0.717, 1.165) is 29.7 Å². The highest BCUT2D eigenvalue weighted by Gasteiger charge is 2.31. The summed E-state index contributed by atoms with van der Waals surface area (Å²) in [7, 11) is -3.48. The van der Waals surface area contributed by atoms with Gasteiger partial charge >= 0.3 is 6.03 Å². The quantitative estimate of drug-likeness (QED) is 0.835. The van der Waals surface area contributed by atoms with Crippen molar-refractivity contribution in [3.63, 3.8) is 0 Å². The van der Waals surface area contributed by atoms with E-state index in [4.69, 9.17) is 0 Å². The Morgan fingerprint density at radius 2 is 1.79 bits per heavy atom.